The van der Waals surface area contributed by atoms with E-state index in [9.17, 15) is 0 Å². The summed E-state index contributed by atoms with van der Waals surface area (Å²) in [6.45, 7) is 2.90. The van der Waals surface area contributed by atoms with Crippen molar-refractivity contribution in [1.29, 1.82) is 0 Å². The predicted octanol–water partition coefficient (Wildman–Crippen LogP) is 4.17. The summed E-state index contributed by atoms with van der Waals surface area (Å²) < 4.78 is 5.63. The zero-order chi connectivity index (χ0) is 14.8. The number of unbranched alkanes of at least 4 members (excludes halogenated alkanes) is 5. The number of nitrogens with zero attached hydrogens (tertiary/aromatic N) is 1. The first-order chi connectivity index (χ1) is 9.69. The molecule has 0 heterocycles. The van der Waals surface area contributed by atoms with Crippen molar-refractivity contribution in [2.45, 2.75) is 45.4 Å². The molecule has 1 aromatic carbocycles. The van der Waals surface area contributed by atoms with E-state index >= 15 is 0 Å². The molecule has 0 fully saturated rings. The number of ether oxygens (including phenoxy) is 1. The van der Waals surface area contributed by atoms with Gasteiger partial charge in [0.2, 0.25) is 0 Å². The third-order valence-electron chi connectivity index (χ3n) is 3.09. The number of amidine groups is 1. The lowest BCUT2D eigenvalue weighted by atomic mass is 10.1. The Morgan fingerprint density at radius 3 is 2.60 bits per heavy atom. The van der Waals surface area contributed by atoms with Gasteiger partial charge in [0, 0.05) is 5.56 Å². The summed E-state index contributed by atoms with van der Waals surface area (Å²) in [5.74, 6) is 0.704. The normalized spacial score (nSPS) is 11.6. The zero-order valence-corrected chi connectivity index (χ0v) is 12.7. The lowest BCUT2D eigenvalue weighted by Crippen LogP contribution is -2.13. The SMILES string of the molecule is CCCCCCCCOc1ccc(C(N)=NO)c(Cl)c1. The molecule has 0 unspecified atom stereocenters. The zero-order valence-electron chi connectivity index (χ0n) is 11.9. The quantitative estimate of drug-likeness (QED) is 0.236. The van der Waals surface area contributed by atoms with Gasteiger partial charge in [0.15, 0.2) is 5.84 Å². The molecule has 0 atom stereocenters. The van der Waals surface area contributed by atoms with E-state index < -0.39 is 0 Å². The Kier molecular flexibility index (Phi) is 7.88. The molecule has 0 amide bonds. The lowest BCUT2D eigenvalue weighted by Gasteiger charge is -2.08. The number of halogens is 1. The van der Waals surface area contributed by atoms with Gasteiger partial charge in [0.25, 0.3) is 0 Å². The molecule has 0 aliphatic carbocycles. The van der Waals surface area contributed by atoms with Crippen molar-refractivity contribution in [2.75, 3.05) is 6.61 Å². The highest BCUT2D eigenvalue weighted by molar-refractivity contribution is 6.34. The van der Waals surface area contributed by atoms with E-state index in [0.717, 1.165) is 6.42 Å². The third kappa shape index (κ3) is 5.70. The van der Waals surface area contributed by atoms with Crippen molar-refractivity contribution in [3.8, 4) is 5.75 Å². The summed E-state index contributed by atoms with van der Waals surface area (Å²) in [5.41, 5.74) is 6.00. The summed E-state index contributed by atoms with van der Waals surface area (Å²) >= 11 is 6.05. The van der Waals surface area contributed by atoms with Gasteiger partial charge in [-0.15, -0.1) is 0 Å². The minimum atomic E-state index is -0.00234. The van der Waals surface area contributed by atoms with E-state index in [1.54, 1.807) is 18.2 Å². The average Bonchev–Trinajstić information content (AvgIpc) is 2.45. The van der Waals surface area contributed by atoms with Gasteiger partial charge < -0.3 is 15.7 Å². The van der Waals surface area contributed by atoms with Crippen LogP contribution < -0.4 is 10.5 Å². The average molecular weight is 299 g/mol. The highest BCUT2D eigenvalue weighted by Gasteiger charge is 2.06. The molecule has 0 spiro atoms. The molecule has 0 aliphatic heterocycles. The second-order valence-corrected chi connectivity index (χ2v) is 5.15. The van der Waals surface area contributed by atoms with Crippen LogP contribution in [0.15, 0.2) is 23.4 Å². The van der Waals surface area contributed by atoms with Crippen LogP contribution in [0.4, 0.5) is 0 Å². The first-order valence-corrected chi connectivity index (χ1v) is 7.47. The minimum absolute atomic E-state index is 0.00234. The van der Waals surface area contributed by atoms with Crippen LogP contribution in [-0.4, -0.2) is 17.6 Å². The Bertz CT molecular complexity index is 436. The molecular formula is C15H23ClN2O2. The maximum atomic E-state index is 8.62. The van der Waals surface area contributed by atoms with E-state index in [2.05, 4.69) is 12.1 Å². The van der Waals surface area contributed by atoms with Gasteiger partial charge in [-0.05, 0) is 24.6 Å². The molecule has 0 aromatic heterocycles. The Morgan fingerprint density at radius 2 is 1.95 bits per heavy atom. The molecule has 4 nitrogen and oxygen atoms in total. The molecule has 0 aliphatic rings. The van der Waals surface area contributed by atoms with Crippen molar-refractivity contribution in [1.82, 2.24) is 0 Å². The number of nitrogens with two attached hydrogens (primary N) is 1. The second-order valence-electron chi connectivity index (χ2n) is 4.74. The monoisotopic (exact) mass is 298 g/mol. The fraction of sp³-hybridized carbons (Fsp3) is 0.533. The van der Waals surface area contributed by atoms with Crippen LogP contribution in [0.1, 0.15) is 51.0 Å². The van der Waals surface area contributed by atoms with Crippen molar-refractivity contribution in [3.05, 3.63) is 28.8 Å². The van der Waals surface area contributed by atoms with Gasteiger partial charge >= 0.3 is 0 Å². The molecule has 112 valence electrons. The third-order valence-corrected chi connectivity index (χ3v) is 3.40. The summed E-state index contributed by atoms with van der Waals surface area (Å²) in [6.07, 6.45) is 7.38. The van der Waals surface area contributed by atoms with Crippen LogP contribution in [-0.2, 0) is 0 Å². The second kappa shape index (κ2) is 9.48. The molecule has 0 radical (unpaired) electrons. The first-order valence-electron chi connectivity index (χ1n) is 7.09. The maximum Gasteiger partial charge on any atom is 0.171 e. The number of hydrogen-bond donors (Lipinski definition) is 2. The van der Waals surface area contributed by atoms with Crippen LogP contribution in [0, 0.1) is 0 Å². The lowest BCUT2D eigenvalue weighted by molar-refractivity contribution is 0.304. The summed E-state index contributed by atoms with van der Waals surface area (Å²) in [7, 11) is 0. The molecule has 0 saturated heterocycles. The van der Waals surface area contributed by atoms with Crippen LogP contribution in [0.25, 0.3) is 0 Å². The fourth-order valence-corrected chi connectivity index (χ4v) is 2.19. The topological polar surface area (TPSA) is 67.8 Å². The van der Waals surface area contributed by atoms with Crippen molar-refractivity contribution in [2.24, 2.45) is 10.9 Å². The molecule has 20 heavy (non-hydrogen) atoms. The van der Waals surface area contributed by atoms with Crippen molar-refractivity contribution in [3.63, 3.8) is 0 Å². The fourth-order valence-electron chi connectivity index (χ4n) is 1.92. The van der Waals surface area contributed by atoms with E-state index in [1.807, 2.05) is 0 Å². The van der Waals surface area contributed by atoms with Gasteiger partial charge in [0.1, 0.15) is 5.75 Å². The van der Waals surface area contributed by atoms with Crippen molar-refractivity contribution < 1.29 is 9.94 Å². The number of rotatable bonds is 9. The molecule has 3 N–H and O–H groups in total. The number of oxime groups is 1. The van der Waals surface area contributed by atoms with E-state index in [4.69, 9.17) is 27.3 Å². The van der Waals surface area contributed by atoms with Crippen LogP contribution >= 0.6 is 11.6 Å². The van der Waals surface area contributed by atoms with Gasteiger partial charge in [-0.2, -0.15) is 0 Å². The molecule has 1 aromatic rings. The van der Waals surface area contributed by atoms with Gasteiger partial charge in [-0.25, -0.2) is 0 Å². The van der Waals surface area contributed by atoms with Crippen molar-refractivity contribution >= 4 is 17.4 Å². The van der Waals surface area contributed by atoms with Crippen LogP contribution in [0.5, 0.6) is 5.75 Å². The Balaban J connectivity index is 2.33. The predicted molar refractivity (Wildman–Crippen MR) is 82.8 cm³/mol. The summed E-state index contributed by atoms with van der Waals surface area (Å²) in [5, 5.41) is 12.0. The van der Waals surface area contributed by atoms with Gasteiger partial charge in [-0.1, -0.05) is 55.8 Å². The molecular weight excluding hydrogens is 276 g/mol. The van der Waals surface area contributed by atoms with E-state index in [-0.39, 0.29) is 5.84 Å². The summed E-state index contributed by atoms with van der Waals surface area (Å²) in [6, 6.07) is 5.15. The Hall–Kier alpha value is -1.42. The van der Waals surface area contributed by atoms with Crippen LogP contribution in [0.2, 0.25) is 5.02 Å². The molecule has 0 bridgehead atoms. The van der Waals surface area contributed by atoms with E-state index in [1.165, 1.54) is 32.1 Å². The largest absolute Gasteiger partial charge is 0.494 e. The molecule has 0 saturated carbocycles. The van der Waals surface area contributed by atoms with Gasteiger partial charge in [-0.3, -0.25) is 0 Å². The van der Waals surface area contributed by atoms with Crippen LogP contribution in [0.3, 0.4) is 0 Å². The highest BCUT2D eigenvalue weighted by atomic mass is 35.5. The highest BCUT2D eigenvalue weighted by Crippen LogP contribution is 2.22. The molecule has 5 heteroatoms. The first kappa shape index (κ1) is 16.6. The maximum absolute atomic E-state index is 8.62. The van der Waals surface area contributed by atoms with Gasteiger partial charge in [0.05, 0.1) is 11.6 Å². The summed E-state index contributed by atoms with van der Waals surface area (Å²) in [4.78, 5) is 0. The molecule has 1 rings (SSSR count). The number of benzene rings is 1. The minimum Gasteiger partial charge on any atom is -0.494 e. The van der Waals surface area contributed by atoms with E-state index in [0.29, 0.717) is 22.9 Å². The standard InChI is InChI=1S/C15H23ClN2O2/c1-2-3-4-5-6-7-10-20-12-8-9-13(14(16)11-12)15(17)18-19/h8-9,11,19H,2-7,10H2,1H3,(H2,17,18). The Labute approximate surface area is 125 Å². The Morgan fingerprint density at radius 1 is 1.25 bits per heavy atom. The number of hydrogen-bond acceptors (Lipinski definition) is 3. The smallest absolute Gasteiger partial charge is 0.171 e.